The van der Waals surface area contributed by atoms with E-state index in [9.17, 15) is 4.79 Å². The molecule has 1 aliphatic rings. The summed E-state index contributed by atoms with van der Waals surface area (Å²) in [5.41, 5.74) is -0.0456. The zero-order valence-corrected chi connectivity index (χ0v) is 11.1. The van der Waals surface area contributed by atoms with Crippen molar-refractivity contribution in [2.75, 3.05) is 33.4 Å². The van der Waals surface area contributed by atoms with Crippen LogP contribution in [-0.2, 0) is 14.3 Å². The van der Waals surface area contributed by atoms with Gasteiger partial charge in [-0.15, -0.1) is 0 Å². The summed E-state index contributed by atoms with van der Waals surface area (Å²) >= 11 is 0. The zero-order chi connectivity index (χ0) is 12.7. The van der Waals surface area contributed by atoms with Crippen molar-refractivity contribution in [3.05, 3.63) is 12.2 Å². The molecule has 0 saturated carbocycles. The monoisotopic (exact) mass is 241 g/mol. The van der Waals surface area contributed by atoms with Gasteiger partial charge < -0.3 is 9.47 Å². The third-order valence-electron chi connectivity index (χ3n) is 3.13. The Labute approximate surface area is 104 Å². The van der Waals surface area contributed by atoms with Crippen LogP contribution in [0.15, 0.2) is 12.2 Å². The van der Waals surface area contributed by atoms with Crippen molar-refractivity contribution in [2.45, 2.75) is 32.3 Å². The Balaban J connectivity index is 2.34. The second-order valence-corrected chi connectivity index (χ2v) is 4.65. The summed E-state index contributed by atoms with van der Waals surface area (Å²) in [5.74, 6) is -0.265. The largest absolute Gasteiger partial charge is 0.463 e. The van der Waals surface area contributed by atoms with Crippen molar-refractivity contribution in [3.63, 3.8) is 0 Å². The third kappa shape index (κ3) is 4.88. The number of methoxy groups -OCH3 is 1. The molecule has 0 amide bonds. The molecule has 1 fully saturated rings. The van der Waals surface area contributed by atoms with Crippen molar-refractivity contribution in [1.82, 2.24) is 4.90 Å². The number of ether oxygens (including phenoxy) is 2. The molecule has 0 aromatic carbocycles. The van der Waals surface area contributed by atoms with E-state index >= 15 is 0 Å². The average molecular weight is 241 g/mol. The molecule has 0 bridgehead atoms. The lowest BCUT2D eigenvalue weighted by Crippen LogP contribution is -2.47. The van der Waals surface area contributed by atoms with Crippen LogP contribution >= 0.6 is 0 Å². The van der Waals surface area contributed by atoms with E-state index < -0.39 is 0 Å². The van der Waals surface area contributed by atoms with Gasteiger partial charge in [0.25, 0.3) is 0 Å². The Morgan fingerprint density at radius 3 is 2.94 bits per heavy atom. The number of carbonyl (C=O) groups is 1. The molecule has 1 heterocycles. The van der Waals surface area contributed by atoms with Gasteiger partial charge in [0.05, 0.1) is 12.2 Å². The summed E-state index contributed by atoms with van der Waals surface area (Å²) in [7, 11) is 1.76. The molecule has 1 saturated heterocycles. The Bertz CT molecular complexity index is 278. The smallest absolute Gasteiger partial charge is 0.330 e. The SMILES string of the molecule is CCOC(=O)/C=C/CN1CCCC(C)(OC)C1. The van der Waals surface area contributed by atoms with Crippen molar-refractivity contribution in [3.8, 4) is 0 Å². The van der Waals surface area contributed by atoms with E-state index in [0.29, 0.717) is 6.61 Å². The Kier molecular flexibility index (Phi) is 5.65. The summed E-state index contributed by atoms with van der Waals surface area (Å²) in [6.07, 6.45) is 5.60. The highest BCUT2D eigenvalue weighted by Crippen LogP contribution is 2.23. The van der Waals surface area contributed by atoms with E-state index in [1.807, 2.05) is 6.08 Å². The van der Waals surface area contributed by atoms with Crippen LogP contribution in [0.3, 0.4) is 0 Å². The van der Waals surface area contributed by atoms with Crippen LogP contribution < -0.4 is 0 Å². The van der Waals surface area contributed by atoms with Gasteiger partial charge in [-0.1, -0.05) is 6.08 Å². The van der Waals surface area contributed by atoms with Crippen LogP contribution in [0.1, 0.15) is 26.7 Å². The molecule has 1 aliphatic heterocycles. The maximum absolute atomic E-state index is 11.1. The first-order valence-corrected chi connectivity index (χ1v) is 6.20. The van der Waals surface area contributed by atoms with E-state index in [-0.39, 0.29) is 11.6 Å². The van der Waals surface area contributed by atoms with E-state index in [1.54, 1.807) is 14.0 Å². The minimum atomic E-state index is -0.265. The number of carbonyl (C=O) groups excluding carboxylic acids is 1. The van der Waals surface area contributed by atoms with Crippen molar-refractivity contribution in [1.29, 1.82) is 0 Å². The maximum Gasteiger partial charge on any atom is 0.330 e. The van der Waals surface area contributed by atoms with E-state index in [2.05, 4.69) is 11.8 Å². The molecule has 17 heavy (non-hydrogen) atoms. The minimum Gasteiger partial charge on any atom is -0.463 e. The fourth-order valence-electron chi connectivity index (χ4n) is 2.12. The van der Waals surface area contributed by atoms with Gasteiger partial charge in [-0.05, 0) is 33.2 Å². The summed E-state index contributed by atoms with van der Waals surface area (Å²) in [6.45, 7) is 7.11. The molecule has 0 aliphatic carbocycles. The first-order valence-electron chi connectivity index (χ1n) is 6.20. The zero-order valence-electron chi connectivity index (χ0n) is 11.1. The van der Waals surface area contributed by atoms with Gasteiger partial charge in [-0.2, -0.15) is 0 Å². The highest BCUT2D eigenvalue weighted by molar-refractivity contribution is 5.81. The second kappa shape index (κ2) is 6.77. The van der Waals surface area contributed by atoms with Crippen LogP contribution in [-0.4, -0.2) is 49.8 Å². The van der Waals surface area contributed by atoms with Crippen molar-refractivity contribution in [2.24, 2.45) is 0 Å². The number of hydrogen-bond acceptors (Lipinski definition) is 4. The van der Waals surface area contributed by atoms with Gasteiger partial charge in [0.1, 0.15) is 0 Å². The molecule has 98 valence electrons. The minimum absolute atomic E-state index is 0.0456. The normalized spacial score (nSPS) is 26.3. The number of esters is 1. The molecule has 1 rings (SSSR count). The van der Waals surface area contributed by atoms with Gasteiger partial charge in [-0.25, -0.2) is 4.79 Å². The standard InChI is InChI=1S/C13H23NO3/c1-4-17-12(15)7-5-9-14-10-6-8-13(2,11-14)16-3/h5,7H,4,6,8-11H2,1-3H3/b7-5+. The Morgan fingerprint density at radius 1 is 1.53 bits per heavy atom. The molecular weight excluding hydrogens is 218 g/mol. The molecular formula is C13H23NO3. The second-order valence-electron chi connectivity index (χ2n) is 4.65. The van der Waals surface area contributed by atoms with Crippen molar-refractivity contribution >= 4 is 5.97 Å². The third-order valence-corrected chi connectivity index (χ3v) is 3.13. The lowest BCUT2D eigenvalue weighted by molar-refractivity contribution is -0.137. The highest BCUT2D eigenvalue weighted by atomic mass is 16.5. The lowest BCUT2D eigenvalue weighted by atomic mass is 9.95. The molecule has 4 nitrogen and oxygen atoms in total. The number of rotatable bonds is 5. The highest BCUT2D eigenvalue weighted by Gasteiger charge is 2.29. The van der Waals surface area contributed by atoms with Gasteiger partial charge in [0.2, 0.25) is 0 Å². The number of piperidine rings is 1. The molecule has 4 heteroatoms. The topological polar surface area (TPSA) is 38.8 Å². The fraction of sp³-hybridized carbons (Fsp3) is 0.769. The lowest BCUT2D eigenvalue weighted by Gasteiger charge is -2.39. The first-order chi connectivity index (χ1) is 8.09. The molecule has 0 aromatic heterocycles. The van der Waals surface area contributed by atoms with Crippen LogP contribution in [0.4, 0.5) is 0 Å². The summed E-state index contributed by atoms with van der Waals surface area (Å²) in [6, 6.07) is 0. The molecule has 0 aromatic rings. The maximum atomic E-state index is 11.1. The molecule has 1 atom stereocenters. The van der Waals surface area contributed by atoms with Crippen LogP contribution in [0.5, 0.6) is 0 Å². The first kappa shape index (κ1) is 14.2. The average Bonchev–Trinajstić information content (AvgIpc) is 2.30. The van der Waals surface area contributed by atoms with Crippen LogP contribution in [0, 0.1) is 0 Å². The predicted molar refractivity (Wildman–Crippen MR) is 66.9 cm³/mol. The van der Waals surface area contributed by atoms with Gasteiger partial charge >= 0.3 is 5.97 Å². The summed E-state index contributed by atoms with van der Waals surface area (Å²) in [5, 5.41) is 0. The number of likely N-dealkylation sites (tertiary alicyclic amines) is 1. The number of hydrogen-bond donors (Lipinski definition) is 0. The number of nitrogens with zero attached hydrogens (tertiary/aromatic N) is 1. The van der Waals surface area contributed by atoms with E-state index in [1.165, 1.54) is 6.08 Å². The Morgan fingerprint density at radius 2 is 2.29 bits per heavy atom. The quantitative estimate of drug-likeness (QED) is 0.541. The van der Waals surface area contributed by atoms with Gasteiger partial charge in [-0.3, -0.25) is 4.90 Å². The van der Waals surface area contributed by atoms with Gasteiger partial charge in [0, 0.05) is 26.3 Å². The van der Waals surface area contributed by atoms with E-state index in [4.69, 9.17) is 9.47 Å². The Hall–Kier alpha value is -0.870. The summed E-state index contributed by atoms with van der Waals surface area (Å²) < 4.78 is 10.3. The predicted octanol–water partition coefficient (Wildman–Crippen LogP) is 1.61. The molecule has 0 radical (unpaired) electrons. The molecule has 0 N–H and O–H groups in total. The molecule has 0 spiro atoms. The fourth-order valence-corrected chi connectivity index (χ4v) is 2.12. The summed E-state index contributed by atoms with van der Waals surface area (Å²) in [4.78, 5) is 13.4. The van der Waals surface area contributed by atoms with Crippen LogP contribution in [0.2, 0.25) is 0 Å². The molecule has 1 unspecified atom stereocenters. The van der Waals surface area contributed by atoms with Gasteiger partial charge in [0.15, 0.2) is 0 Å². The van der Waals surface area contributed by atoms with E-state index in [0.717, 1.165) is 32.5 Å². The van der Waals surface area contributed by atoms with Crippen LogP contribution in [0.25, 0.3) is 0 Å². The van der Waals surface area contributed by atoms with Crippen molar-refractivity contribution < 1.29 is 14.3 Å².